The number of carbonyl (C=O) groups is 1. The lowest BCUT2D eigenvalue weighted by molar-refractivity contribution is -0.143. The van der Waals surface area contributed by atoms with Crippen LogP contribution < -0.4 is 5.73 Å². The van der Waals surface area contributed by atoms with Crippen LogP contribution in [0.25, 0.3) is 0 Å². The van der Waals surface area contributed by atoms with Crippen molar-refractivity contribution in [1.82, 2.24) is 9.80 Å². The van der Waals surface area contributed by atoms with Gasteiger partial charge in [-0.3, -0.25) is 4.79 Å². The molecule has 0 fully saturated rings. The quantitative estimate of drug-likeness (QED) is 0.707. The van der Waals surface area contributed by atoms with E-state index in [0.717, 1.165) is 39.1 Å². The summed E-state index contributed by atoms with van der Waals surface area (Å²) in [5, 5.41) is 0. The Labute approximate surface area is 125 Å². The fraction of sp³-hybridized carbons (Fsp3) is 0.938. The molecule has 0 unspecified atom stereocenters. The van der Waals surface area contributed by atoms with Gasteiger partial charge in [0.2, 0.25) is 5.91 Å². The predicted octanol–water partition coefficient (Wildman–Crippen LogP) is 2.33. The molecule has 0 aromatic rings. The second kappa shape index (κ2) is 7.99. The second-order valence-electron chi connectivity index (χ2n) is 6.61. The zero-order valence-electron chi connectivity index (χ0n) is 14.6. The van der Waals surface area contributed by atoms with E-state index in [4.69, 9.17) is 5.73 Å². The minimum absolute atomic E-state index is 0.159. The molecule has 0 saturated heterocycles. The van der Waals surface area contributed by atoms with Crippen molar-refractivity contribution in [2.24, 2.45) is 11.1 Å². The molecule has 4 heteroatoms. The van der Waals surface area contributed by atoms with Gasteiger partial charge < -0.3 is 15.5 Å². The summed E-state index contributed by atoms with van der Waals surface area (Å²) in [5.74, 6) is 0.159. The maximum atomic E-state index is 12.7. The van der Waals surface area contributed by atoms with Gasteiger partial charge in [-0.25, -0.2) is 0 Å². The van der Waals surface area contributed by atoms with E-state index in [9.17, 15) is 4.79 Å². The molecule has 1 amide bonds. The SMILES string of the molecule is CCN(CC)CCCN(CC)C(=O)C(C)(C)C(C)(C)N. The van der Waals surface area contributed by atoms with Crippen molar-refractivity contribution in [3.05, 3.63) is 0 Å². The Morgan fingerprint density at radius 3 is 1.80 bits per heavy atom. The van der Waals surface area contributed by atoms with Crippen LogP contribution in [-0.4, -0.2) is 54.0 Å². The second-order valence-corrected chi connectivity index (χ2v) is 6.61. The molecule has 0 rings (SSSR count). The van der Waals surface area contributed by atoms with Crippen LogP contribution >= 0.6 is 0 Å². The number of nitrogens with zero attached hydrogens (tertiary/aromatic N) is 2. The molecule has 0 bridgehead atoms. The van der Waals surface area contributed by atoms with Crippen molar-refractivity contribution in [3.8, 4) is 0 Å². The molecule has 0 heterocycles. The summed E-state index contributed by atoms with van der Waals surface area (Å²) in [7, 11) is 0. The maximum Gasteiger partial charge on any atom is 0.230 e. The summed E-state index contributed by atoms with van der Waals surface area (Å²) in [6.45, 7) is 18.9. The van der Waals surface area contributed by atoms with Gasteiger partial charge in [-0.15, -0.1) is 0 Å². The molecule has 0 spiro atoms. The van der Waals surface area contributed by atoms with Gasteiger partial charge in [0.25, 0.3) is 0 Å². The van der Waals surface area contributed by atoms with Gasteiger partial charge in [0.1, 0.15) is 0 Å². The highest BCUT2D eigenvalue weighted by Crippen LogP contribution is 2.30. The molecule has 120 valence electrons. The van der Waals surface area contributed by atoms with E-state index in [1.807, 2.05) is 39.5 Å². The number of nitrogens with two attached hydrogens (primary N) is 1. The van der Waals surface area contributed by atoms with Crippen LogP contribution in [0.3, 0.4) is 0 Å². The third-order valence-electron chi connectivity index (χ3n) is 4.61. The summed E-state index contributed by atoms with van der Waals surface area (Å²) >= 11 is 0. The van der Waals surface area contributed by atoms with Crippen molar-refractivity contribution in [3.63, 3.8) is 0 Å². The van der Waals surface area contributed by atoms with Crippen molar-refractivity contribution in [2.45, 2.75) is 60.4 Å². The summed E-state index contributed by atoms with van der Waals surface area (Å²) in [5.41, 5.74) is 5.11. The van der Waals surface area contributed by atoms with Crippen LogP contribution in [0.4, 0.5) is 0 Å². The fourth-order valence-corrected chi connectivity index (χ4v) is 2.10. The number of hydrogen-bond acceptors (Lipinski definition) is 3. The van der Waals surface area contributed by atoms with Gasteiger partial charge in [0.15, 0.2) is 0 Å². The highest BCUT2D eigenvalue weighted by molar-refractivity contribution is 5.83. The smallest absolute Gasteiger partial charge is 0.230 e. The topological polar surface area (TPSA) is 49.6 Å². The summed E-state index contributed by atoms with van der Waals surface area (Å²) < 4.78 is 0. The Bertz CT molecular complexity index is 291. The molecule has 0 aromatic heterocycles. The van der Waals surface area contributed by atoms with Gasteiger partial charge in [-0.05, 0) is 60.7 Å². The lowest BCUT2D eigenvalue weighted by atomic mass is 9.74. The first-order chi connectivity index (χ1) is 9.11. The first-order valence-corrected chi connectivity index (χ1v) is 7.92. The molecular weight excluding hydrogens is 250 g/mol. The number of hydrogen-bond donors (Lipinski definition) is 1. The first kappa shape index (κ1) is 19.4. The zero-order chi connectivity index (χ0) is 16.0. The molecule has 0 aromatic carbocycles. The van der Waals surface area contributed by atoms with E-state index in [1.54, 1.807) is 0 Å². The van der Waals surface area contributed by atoms with E-state index >= 15 is 0 Å². The van der Waals surface area contributed by atoms with Gasteiger partial charge in [0, 0.05) is 18.6 Å². The molecular formula is C16H35N3O. The Kier molecular flexibility index (Phi) is 7.74. The van der Waals surface area contributed by atoms with Crippen molar-refractivity contribution >= 4 is 5.91 Å². The van der Waals surface area contributed by atoms with Gasteiger partial charge >= 0.3 is 0 Å². The lowest BCUT2D eigenvalue weighted by Crippen LogP contribution is -2.56. The monoisotopic (exact) mass is 285 g/mol. The summed E-state index contributed by atoms with van der Waals surface area (Å²) in [4.78, 5) is 17.0. The number of carbonyl (C=O) groups excluding carboxylic acids is 1. The molecule has 0 saturated carbocycles. The van der Waals surface area contributed by atoms with Crippen molar-refractivity contribution < 1.29 is 4.79 Å². The minimum Gasteiger partial charge on any atom is -0.342 e. The van der Waals surface area contributed by atoms with Gasteiger partial charge in [0.05, 0.1) is 5.41 Å². The van der Waals surface area contributed by atoms with E-state index in [2.05, 4.69) is 18.7 Å². The van der Waals surface area contributed by atoms with Crippen LogP contribution in [-0.2, 0) is 4.79 Å². The van der Waals surface area contributed by atoms with Crippen LogP contribution in [0.1, 0.15) is 54.9 Å². The standard InChI is InChI=1S/C16H35N3O/c1-8-18(9-2)12-11-13-19(10-3)14(20)15(4,5)16(6,7)17/h8-13,17H2,1-7H3. The third-order valence-corrected chi connectivity index (χ3v) is 4.61. The Morgan fingerprint density at radius 2 is 1.45 bits per heavy atom. The fourth-order valence-electron chi connectivity index (χ4n) is 2.10. The molecule has 2 N–H and O–H groups in total. The van der Waals surface area contributed by atoms with Crippen LogP contribution in [0.5, 0.6) is 0 Å². The normalized spacial score (nSPS) is 12.8. The van der Waals surface area contributed by atoms with Crippen molar-refractivity contribution in [1.29, 1.82) is 0 Å². The average Bonchev–Trinajstić information content (AvgIpc) is 2.37. The van der Waals surface area contributed by atoms with Crippen molar-refractivity contribution in [2.75, 3.05) is 32.7 Å². The average molecular weight is 285 g/mol. The number of amides is 1. The first-order valence-electron chi connectivity index (χ1n) is 7.92. The third kappa shape index (κ3) is 5.06. The van der Waals surface area contributed by atoms with E-state index < -0.39 is 11.0 Å². The van der Waals surface area contributed by atoms with Crippen LogP contribution in [0.2, 0.25) is 0 Å². The van der Waals surface area contributed by atoms with E-state index in [-0.39, 0.29) is 5.91 Å². The van der Waals surface area contributed by atoms with E-state index in [0.29, 0.717) is 0 Å². The van der Waals surface area contributed by atoms with Crippen LogP contribution in [0.15, 0.2) is 0 Å². The van der Waals surface area contributed by atoms with Gasteiger partial charge in [-0.1, -0.05) is 13.8 Å². The predicted molar refractivity (Wildman–Crippen MR) is 86.7 cm³/mol. The number of rotatable bonds is 9. The lowest BCUT2D eigenvalue weighted by Gasteiger charge is -2.40. The molecule has 0 atom stereocenters. The highest BCUT2D eigenvalue weighted by atomic mass is 16.2. The molecule has 0 aliphatic heterocycles. The Balaban J connectivity index is 4.58. The maximum absolute atomic E-state index is 12.7. The summed E-state index contributed by atoms with van der Waals surface area (Å²) in [6.07, 6.45) is 1.02. The van der Waals surface area contributed by atoms with Crippen LogP contribution in [0, 0.1) is 5.41 Å². The Hall–Kier alpha value is -0.610. The minimum atomic E-state index is -0.543. The largest absolute Gasteiger partial charge is 0.342 e. The molecule has 0 radical (unpaired) electrons. The Morgan fingerprint density at radius 1 is 0.950 bits per heavy atom. The molecule has 0 aliphatic carbocycles. The van der Waals surface area contributed by atoms with E-state index in [1.165, 1.54) is 0 Å². The van der Waals surface area contributed by atoms with Gasteiger partial charge in [-0.2, -0.15) is 0 Å². The zero-order valence-corrected chi connectivity index (χ0v) is 14.6. The molecule has 20 heavy (non-hydrogen) atoms. The molecule has 4 nitrogen and oxygen atoms in total. The summed E-state index contributed by atoms with van der Waals surface area (Å²) in [6, 6.07) is 0. The highest BCUT2D eigenvalue weighted by Gasteiger charge is 2.42. The molecule has 0 aliphatic rings.